The van der Waals surface area contributed by atoms with Gasteiger partial charge in [-0.15, -0.1) is 0 Å². The number of aliphatic hydroxyl groups excluding tert-OH is 1. The van der Waals surface area contributed by atoms with Crippen molar-refractivity contribution in [3.63, 3.8) is 0 Å². The Morgan fingerprint density at radius 3 is 1.50 bits per heavy atom. The van der Waals surface area contributed by atoms with Gasteiger partial charge in [0.15, 0.2) is 23.8 Å². The van der Waals surface area contributed by atoms with Crippen LogP contribution < -0.4 is 88.0 Å². The summed E-state index contributed by atoms with van der Waals surface area (Å²) in [4.78, 5) is 119. The van der Waals surface area contributed by atoms with Gasteiger partial charge in [0.05, 0.1) is 15.9 Å². The number of carbonyl (C=O) groups excluding carboxylic acids is 6. The number of non-ortho nitro benzene ring substituents is 1. The maximum atomic E-state index is 14.2. The number of nitrogens with one attached hydrogen (secondary N) is 5. The molecule has 0 saturated carbocycles. The lowest BCUT2D eigenvalue weighted by Crippen LogP contribution is -2.58. The number of nitrogens with zero attached hydrogens (tertiary/aromatic N) is 8. The van der Waals surface area contributed by atoms with E-state index in [0.29, 0.717) is 11.6 Å². The largest absolute Gasteiger partial charge is 0.378 e. The summed E-state index contributed by atoms with van der Waals surface area (Å²) in [6, 6.07) is 14.9. The molecule has 6 unspecified atom stereocenters. The number of aliphatic hydroxyl groups is 1. The molecule has 33 nitrogen and oxygen atoms in total. The van der Waals surface area contributed by atoms with E-state index in [9.17, 15) is 54.1 Å². The number of carbonyl (C=O) groups is 6. The van der Waals surface area contributed by atoms with Gasteiger partial charge >= 0.3 is 0 Å². The fraction of sp³-hybridized carbons (Fsp3) is 0.231. The highest BCUT2D eigenvalue weighted by Crippen LogP contribution is 2.33. The van der Waals surface area contributed by atoms with Crippen molar-refractivity contribution in [2.24, 2.45) is 71.6 Å². The molecule has 3 aromatic rings. The molecule has 3 aromatic carbocycles. The van der Waals surface area contributed by atoms with E-state index in [1.54, 1.807) is 30.3 Å². The van der Waals surface area contributed by atoms with Crippen molar-refractivity contribution in [2.45, 2.75) is 36.9 Å². The van der Waals surface area contributed by atoms with Gasteiger partial charge in [0, 0.05) is 32.4 Å². The lowest BCUT2D eigenvalue weighted by Gasteiger charge is -2.29. The molecule has 24 N–H and O–H groups in total. The van der Waals surface area contributed by atoms with Crippen LogP contribution in [0.1, 0.15) is 17.2 Å². The summed E-state index contributed by atoms with van der Waals surface area (Å²) >= 11 is 0. The number of primary amides is 1. The van der Waals surface area contributed by atoms with E-state index in [0.717, 1.165) is 22.7 Å². The average Bonchev–Trinajstić information content (AvgIpc) is 3.30. The lowest BCUT2D eigenvalue weighted by atomic mass is 10.1. The van der Waals surface area contributed by atoms with Crippen LogP contribution in [-0.2, 0) is 28.8 Å². The molecule has 6 atom stereocenters. The molecule has 0 spiro atoms. The smallest absolute Gasteiger partial charge is 0.299 e. The van der Waals surface area contributed by atoms with Gasteiger partial charge in [-0.25, -0.2) is 20.0 Å². The summed E-state index contributed by atoms with van der Waals surface area (Å²) in [5, 5.41) is 46.0. The molecule has 0 aliphatic heterocycles. The standard InChI is InChI=1S/C39H52N22O11/c1-58(2)20-12-10-18(11-13-20)7-6-16-59(22-15-14-21(60(69)70)17-23(22)61(71)72)35(68)34(67)49-24(19-8-4-3-5-9-19)30(63)51-27(55-37(43)44)32(65)53-29(57-39(47)48)33(66)52-28(56-38(45)46)31(64)50-26(25(40)62)54-36(41)42/h3-15,17,24,26-29,35,68H,16H2,1-2H3,(H2,40,62)(H,49,67)(H,50,64)(H,51,63)(H,52,66)(H,53,65)(H4,41,42,54)(H4,43,44,55)(H4,45,46,56)(H4,47,48,57). The summed E-state index contributed by atoms with van der Waals surface area (Å²) in [5.74, 6) is -11.3. The number of nitro benzene ring substituents is 2. The minimum Gasteiger partial charge on any atom is -0.378 e. The van der Waals surface area contributed by atoms with Crippen LogP contribution in [-0.4, -0.2) is 126 Å². The van der Waals surface area contributed by atoms with E-state index in [-0.39, 0.29) is 5.56 Å². The van der Waals surface area contributed by atoms with Gasteiger partial charge in [-0.1, -0.05) is 54.6 Å². The normalized spacial score (nSPS) is 13.1. The Bertz CT molecular complexity index is 2650. The summed E-state index contributed by atoms with van der Waals surface area (Å²) < 4.78 is 0. The summed E-state index contributed by atoms with van der Waals surface area (Å²) in [6.45, 7) is -0.439. The summed E-state index contributed by atoms with van der Waals surface area (Å²) in [6.07, 6.45) is -7.80. The topological polar surface area (TPSA) is 559 Å². The number of benzene rings is 3. The summed E-state index contributed by atoms with van der Waals surface area (Å²) in [7, 11) is 3.66. The zero-order valence-corrected chi connectivity index (χ0v) is 38.1. The number of aliphatic imine (C=N–C) groups is 4. The fourth-order valence-electron chi connectivity index (χ4n) is 5.93. The van der Waals surface area contributed by atoms with Crippen LogP contribution in [0.25, 0.3) is 6.08 Å². The minimum absolute atomic E-state index is 0.00793. The number of rotatable bonds is 24. The molecular weight excluding hydrogens is 953 g/mol. The quantitative estimate of drug-likeness (QED) is 0.0130. The second-order valence-electron chi connectivity index (χ2n) is 14.7. The van der Waals surface area contributed by atoms with Crippen LogP contribution in [0.5, 0.6) is 0 Å². The van der Waals surface area contributed by atoms with Crippen LogP contribution in [0, 0.1) is 20.2 Å². The molecule has 0 aliphatic carbocycles. The van der Waals surface area contributed by atoms with Gasteiger partial charge in [0.25, 0.3) is 40.9 Å². The predicted molar refractivity (Wildman–Crippen MR) is 260 cm³/mol. The minimum atomic E-state index is -2.38. The van der Waals surface area contributed by atoms with Crippen molar-refractivity contribution in [3.05, 3.63) is 110 Å². The highest BCUT2D eigenvalue weighted by atomic mass is 16.6. The number of anilines is 2. The lowest BCUT2D eigenvalue weighted by molar-refractivity contribution is -0.393. The van der Waals surface area contributed by atoms with Gasteiger partial charge in [0.2, 0.25) is 36.8 Å². The van der Waals surface area contributed by atoms with Crippen LogP contribution in [0.2, 0.25) is 0 Å². The van der Waals surface area contributed by atoms with Gasteiger partial charge in [-0.05, 0) is 29.3 Å². The molecule has 72 heavy (non-hydrogen) atoms. The van der Waals surface area contributed by atoms with Crippen LogP contribution >= 0.6 is 0 Å². The van der Waals surface area contributed by atoms with E-state index >= 15 is 0 Å². The highest BCUT2D eigenvalue weighted by Gasteiger charge is 2.36. The number of guanidine groups is 4. The molecular formula is C39H52N22O11. The molecule has 0 saturated heterocycles. The molecule has 0 fully saturated rings. The van der Waals surface area contributed by atoms with Crippen molar-refractivity contribution in [2.75, 3.05) is 30.4 Å². The fourth-order valence-corrected chi connectivity index (χ4v) is 5.93. The first-order valence-electron chi connectivity index (χ1n) is 20.3. The van der Waals surface area contributed by atoms with Gasteiger partial charge in [-0.3, -0.25) is 49.0 Å². The maximum Gasteiger partial charge on any atom is 0.299 e. The first-order valence-corrected chi connectivity index (χ1v) is 20.3. The van der Waals surface area contributed by atoms with E-state index < -0.39 is 130 Å². The zero-order valence-electron chi connectivity index (χ0n) is 38.1. The Morgan fingerprint density at radius 1 is 0.611 bits per heavy atom. The van der Waals surface area contributed by atoms with Crippen molar-refractivity contribution >= 4 is 88.1 Å². The van der Waals surface area contributed by atoms with Crippen LogP contribution in [0.3, 0.4) is 0 Å². The molecule has 3 rings (SSSR count). The SMILES string of the molecule is CN(C)c1ccc(C=CCN(c2ccc([N+](=O)[O-])cc2[N+](=O)[O-])C(O)C(=O)NC(C(=O)NC(N=C(N)N)C(=O)NC(N=C(N)N)C(=O)NC(N=C(N)N)C(=O)NC(N=C(N)N)C(N)=O)c2ccccc2)cc1. The number of nitro groups is 2. The Balaban J connectivity index is 2.01. The Labute approximate surface area is 406 Å². The third-order valence-electron chi connectivity index (χ3n) is 9.15. The molecule has 0 heterocycles. The van der Waals surface area contributed by atoms with Gasteiger partial charge in [0.1, 0.15) is 11.7 Å². The van der Waals surface area contributed by atoms with Gasteiger partial charge < -0.3 is 93.1 Å². The zero-order chi connectivity index (χ0) is 54.0. The van der Waals surface area contributed by atoms with Crippen molar-refractivity contribution in [1.82, 2.24) is 26.6 Å². The predicted octanol–water partition coefficient (Wildman–Crippen LogP) is -6.39. The average molecular weight is 1000 g/mol. The third-order valence-corrected chi connectivity index (χ3v) is 9.15. The second-order valence-corrected chi connectivity index (χ2v) is 14.7. The number of hydrogen-bond acceptors (Lipinski definition) is 17. The molecule has 0 bridgehead atoms. The van der Waals surface area contributed by atoms with Crippen molar-refractivity contribution in [3.8, 4) is 0 Å². The molecule has 0 aromatic heterocycles. The first-order chi connectivity index (χ1) is 33.8. The molecule has 384 valence electrons. The van der Waals surface area contributed by atoms with Crippen molar-refractivity contribution < 1.29 is 43.7 Å². The van der Waals surface area contributed by atoms with Gasteiger partial charge in [-0.2, -0.15) is 0 Å². The van der Waals surface area contributed by atoms with Crippen molar-refractivity contribution in [1.29, 1.82) is 0 Å². The second kappa shape index (κ2) is 25.7. The third kappa shape index (κ3) is 16.8. The molecule has 0 radical (unpaired) electrons. The number of hydrogen-bond donors (Lipinski definition) is 15. The number of amides is 6. The molecule has 0 aliphatic rings. The monoisotopic (exact) mass is 1000 g/mol. The van der Waals surface area contributed by atoms with Crippen LogP contribution in [0.15, 0.2) is 98.8 Å². The van der Waals surface area contributed by atoms with E-state index in [4.69, 9.17) is 51.6 Å². The van der Waals surface area contributed by atoms with E-state index in [1.165, 1.54) is 36.4 Å². The number of nitrogens with two attached hydrogens (primary N) is 9. The Kier molecular flexibility index (Phi) is 20.0. The Hall–Kier alpha value is -10.3. The first kappa shape index (κ1) is 56.0. The van der Waals surface area contributed by atoms with E-state index in [1.807, 2.05) is 34.9 Å². The van der Waals surface area contributed by atoms with E-state index in [2.05, 4.69) is 30.6 Å². The highest BCUT2D eigenvalue weighted by molar-refractivity contribution is 5.99. The Morgan fingerprint density at radius 2 is 1.07 bits per heavy atom. The van der Waals surface area contributed by atoms with Crippen LogP contribution in [0.4, 0.5) is 22.7 Å². The maximum absolute atomic E-state index is 14.2. The summed E-state index contributed by atoms with van der Waals surface area (Å²) in [5.41, 5.74) is 48.2. The molecule has 6 amide bonds. The molecule has 33 heteroatoms.